The molecule has 0 spiro atoms. The number of hydrogen-bond acceptors (Lipinski definition) is 5. The first-order chi connectivity index (χ1) is 7.66. The van der Waals surface area contributed by atoms with Gasteiger partial charge in [0.25, 0.3) is 0 Å². The van der Waals surface area contributed by atoms with Gasteiger partial charge >= 0.3 is 5.97 Å². The van der Waals surface area contributed by atoms with Gasteiger partial charge < -0.3 is 10.4 Å². The van der Waals surface area contributed by atoms with E-state index in [9.17, 15) is 4.79 Å². The van der Waals surface area contributed by atoms with E-state index in [2.05, 4.69) is 15.3 Å². The highest BCUT2D eigenvalue weighted by molar-refractivity contribution is 7.17. The molecule has 0 aromatic carbocycles. The number of carboxylic acids is 1. The van der Waals surface area contributed by atoms with Crippen molar-refractivity contribution < 1.29 is 9.90 Å². The fourth-order valence-corrected chi connectivity index (χ4v) is 1.81. The standard InChI is InChI=1S/C10H9N3O2S/c1-6-2-3-11-4-7(6)13-10-12-5-8(16-10)9(14)15/h2-5H,1H3,(H,12,13)(H,14,15). The van der Waals surface area contributed by atoms with Crippen molar-refractivity contribution in [2.45, 2.75) is 6.92 Å². The first-order valence-electron chi connectivity index (χ1n) is 4.53. The van der Waals surface area contributed by atoms with E-state index in [0.717, 1.165) is 22.6 Å². The lowest BCUT2D eigenvalue weighted by Gasteiger charge is -2.04. The Hall–Kier alpha value is -1.95. The molecule has 0 unspecified atom stereocenters. The monoisotopic (exact) mass is 235 g/mol. The van der Waals surface area contributed by atoms with Crippen molar-refractivity contribution in [2.24, 2.45) is 0 Å². The van der Waals surface area contributed by atoms with E-state index < -0.39 is 5.97 Å². The Morgan fingerprint density at radius 2 is 2.31 bits per heavy atom. The molecule has 2 N–H and O–H groups in total. The maximum Gasteiger partial charge on any atom is 0.347 e. The van der Waals surface area contributed by atoms with Crippen molar-refractivity contribution in [1.29, 1.82) is 0 Å². The van der Waals surface area contributed by atoms with Crippen LogP contribution in [-0.4, -0.2) is 21.0 Å². The Labute approximate surface area is 95.8 Å². The second kappa shape index (κ2) is 4.28. The van der Waals surface area contributed by atoms with Crippen LogP contribution in [-0.2, 0) is 0 Å². The van der Waals surface area contributed by atoms with Crippen LogP contribution in [0.2, 0.25) is 0 Å². The molecule has 2 aromatic heterocycles. The molecule has 2 heterocycles. The zero-order valence-corrected chi connectivity index (χ0v) is 9.28. The largest absolute Gasteiger partial charge is 0.477 e. The Morgan fingerprint density at radius 3 is 2.94 bits per heavy atom. The minimum absolute atomic E-state index is 0.212. The molecule has 2 rings (SSSR count). The lowest BCUT2D eigenvalue weighted by atomic mass is 10.2. The van der Waals surface area contributed by atoms with Gasteiger partial charge in [0.15, 0.2) is 5.13 Å². The number of thiazole rings is 1. The lowest BCUT2D eigenvalue weighted by molar-refractivity contribution is 0.0702. The number of nitrogens with zero attached hydrogens (tertiary/aromatic N) is 2. The van der Waals surface area contributed by atoms with Gasteiger partial charge in [0.2, 0.25) is 0 Å². The smallest absolute Gasteiger partial charge is 0.347 e. The van der Waals surface area contributed by atoms with Gasteiger partial charge in [-0.15, -0.1) is 0 Å². The number of nitrogens with one attached hydrogen (secondary N) is 1. The van der Waals surface area contributed by atoms with Crippen LogP contribution in [0.15, 0.2) is 24.7 Å². The number of hydrogen-bond donors (Lipinski definition) is 2. The number of carboxylic acid groups (broad SMARTS) is 1. The predicted octanol–water partition coefficient (Wildman–Crippen LogP) is 2.29. The number of aryl methyl sites for hydroxylation is 1. The zero-order valence-electron chi connectivity index (χ0n) is 8.47. The van der Waals surface area contributed by atoms with E-state index in [-0.39, 0.29) is 4.88 Å². The SMILES string of the molecule is Cc1ccncc1Nc1ncc(C(=O)O)s1. The molecule has 0 aliphatic rings. The molecule has 0 fully saturated rings. The van der Waals surface area contributed by atoms with E-state index in [1.807, 2.05) is 13.0 Å². The van der Waals surface area contributed by atoms with Crippen molar-refractivity contribution in [3.05, 3.63) is 35.1 Å². The minimum Gasteiger partial charge on any atom is -0.477 e. The lowest BCUT2D eigenvalue weighted by Crippen LogP contribution is -1.92. The molecule has 0 amide bonds. The fraction of sp³-hybridized carbons (Fsp3) is 0.100. The Balaban J connectivity index is 2.21. The van der Waals surface area contributed by atoms with Gasteiger partial charge in [-0.1, -0.05) is 11.3 Å². The molecule has 6 heteroatoms. The summed E-state index contributed by atoms with van der Waals surface area (Å²) in [5.41, 5.74) is 1.86. The topological polar surface area (TPSA) is 75.1 Å². The Morgan fingerprint density at radius 1 is 1.50 bits per heavy atom. The summed E-state index contributed by atoms with van der Waals surface area (Å²) in [6.07, 6.45) is 4.71. The molecule has 0 saturated carbocycles. The van der Waals surface area contributed by atoms with Gasteiger partial charge in [0, 0.05) is 6.20 Å². The number of pyridine rings is 1. The highest BCUT2D eigenvalue weighted by Gasteiger charge is 2.08. The van der Waals surface area contributed by atoms with Crippen LogP contribution in [0.4, 0.5) is 10.8 Å². The van der Waals surface area contributed by atoms with E-state index in [0.29, 0.717) is 5.13 Å². The van der Waals surface area contributed by atoms with Crippen LogP contribution in [0.25, 0.3) is 0 Å². The van der Waals surface area contributed by atoms with E-state index >= 15 is 0 Å². The number of carbonyl (C=O) groups is 1. The van der Waals surface area contributed by atoms with Crippen LogP contribution in [0.3, 0.4) is 0 Å². The van der Waals surface area contributed by atoms with E-state index in [1.165, 1.54) is 6.20 Å². The third-order valence-corrected chi connectivity index (χ3v) is 2.90. The van der Waals surface area contributed by atoms with Crippen LogP contribution < -0.4 is 5.32 Å². The molecule has 16 heavy (non-hydrogen) atoms. The summed E-state index contributed by atoms with van der Waals surface area (Å²) < 4.78 is 0. The second-order valence-electron chi connectivity index (χ2n) is 3.15. The Kier molecular flexibility index (Phi) is 2.82. The van der Waals surface area contributed by atoms with E-state index in [1.54, 1.807) is 12.4 Å². The first kappa shape index (κ1) is 10.6. The molecule has 0 bridgehead atoms. The highest BCUT2D eigenvalue weighted by atomic mass is 32.1. The first-order valence-corrected chi connectivity index (χ1v) is 5.35. The number of rotatable bonds is 3. The van der Waals surface area contributed by atoms with Gasteiger partial charge in [0.1, 0.15) is 4.88 Å². The molecule has 5 nitrogen and oxygen atoms in total. The van der Waals surface area contributed by atoms with Gasteiger partial charge in [-0.25, -0.2) is 9.78 Å². The number of aromatic carboxylic acids is 1. The minimum atomic E-state index is -0.964. The predicted molar refractivity (Wildman–Crippen MR) is 61.3 cm³/mol. The molecule has 0 atom stereocenters. The number of anilines is 2. The van der Waals surface area contributed by atoms with Gasteiger partial charge in [-0.3, -0.25) is 4.98 Å². The highest BCUT2D eigenvalue weighted by Crippen LogP contribution is 2.23. The molecule has 0 radical (unpaired) electrons. The summed E-state index contributed by atoms with van der Waals surface area (Å²) in [5, 5.41) is 12.3. The summed E-state index contributed by atoms with van der Waals surface area (Å²) in [6.45, 7) is 1.94. The molecule has 0 saturated heterocycles. The zero-order chi connectivity index (χ0) is 11.5. The third-order valence-electron chi connectivity index (χ3n) is 2.00. The van der Waals surface area contributed by atoms with Crippen molar-refractivity contribution in [3.8, 4) is 0 Å². The molecule has 2 aromatic rings. The van der Waals surface area contributed by atoms with Crippen molar-refractivity contribution in [3.63, 3.8) is 0 Å². The summed E-state index contributed by atoms with van der Waals surface area (Å²) in [6, 6.07) is 1.87. The van der Waals surface area contributed by atoms with Crippen LogP contribution in [0, 0.1) is 6.92 Å². The third kappa shape index (κ3) is 2.17. The van der Waals surface area contributed by atoms with Crippen molar-refractivity contribution in [2.75, 3.05) is 5.32 Å². The summed E-state index contributed by atoms with van der Waals surface area (Å²) in [7, 11) is 0. The molecular weight excluding hydrogens is 226 g/mol. The molecule has 82 valence electrons. The molecular formula is C10H9N3O2S. The van der Waals surface area contributed by atoms with Gasteiger partial charge in [0.05, 0.1) is 18.1 Å². The summed E-state index contributed by atoms with van der Waals surface area (Å²) >= 11 is 1.09. The summed E-state index contributed by atoms with van der Waals surface area (Å²) in [4.78, 5) is 18.8. The van der Waals surface area contributed by atoms with E-state index in [4.69, 9.17) is 5.11 Å². The van der Waals surface area contributed by atoms with Crippen molar-refractivity contribution in [1.82, 2.24) is 9.97 Å². The maximum absolute atomic E-state index is 10.7. The number of aromatic nitrogens is 2. The Bertz CT molecular complexity index is 524. The summed E-state index contributed by atoms with van der Waals surface area (Å²) in [5.74, 6) is -0.964. The average molecular weight is 235 g/mol. The molecule has 0 aliphatic heterocycles. The van der Waals surface area contributed by atoms with Crippen molar-refractivity contribution >= 4 is 28.1 Å². The van der Waals surface area contributed by atoms with Gasteiger partial charge in [-0.2, -0.15) is 0 Å². The quantitative estimate of drug-likeness (QED) is 0.853. The maximum atomic E-state index is 10.7. The van der Waals surface area contributed by atoms with Crippen LogP contribution >= 0.6 is 11.3 Å². The fourth-order valence-electron chi connectivity index (χ4n) is 1.14. The normalized spacial score (nSPS) is 10.1. The average Bonchev–Trinajstić information content (AvgIpc) is 2.70. The molecule has 0 aliphatic carbocycles. The van der Waals surface area contributed by atoms with Gasteiger partial charge in [-0.05, 0) is 18.6 Å². The van der Waals surface area contributed by atoms with Crippen LogP contribution in [0.5, 0.6) is 0 Å². The van der Waals surface area contributed by atoms with Crippen LogP contribution in [0.1, 0.15) is 15.2 Å². The second-order valence-corrected chi connectivity index (χ2v) is 4.18.